The van der Waals surface area contributed by atoms with E-state index in [4.69, 9.17) is 19.2 Å². The summed E-state index contributed by atoms with van der Waals surface area (Å²) >= 11 is 0. The van der Waals surface area contributed by atoms with E-state index in [2.05, 4.69) is 17.1 Å². The number of methoxy groups -OCH3 is 3. The highest BCUT2D eigenvalue weighted by atomic mass is 16.5. The van der Waals surface area contributed by atoms with Crippen molar-refractivity contribution >= 4 is 0 Å². The molecule has 3 aromatic carbocycles. The molecule has 1 aromatic heterocycles. The number of nitrogens with zero attached hydrogens (tertiary/aromatic N) is 1. The molecule has 5 heteroatoms. The fourth-order valence-electron chi connectivity index (χ4n) is 3.84. The molecule has 0 saturated carbocycles. The van der Waals surface area contributed by atoms with Crippen LogP contribution in [0.15, 0.2) is 60.7 Å². The van der Waals surface area contributed by atoms with Gasteiger partial charge in [0.1, 0.15) is 23.1 Å². The third-order valence-electron chi connectivity index (χ3n) is 5.38. The van der Waals surface area contributed by atoms with Crippen LogP contribution in [0.3, 0.4) is 0 Å². The molecule has 1 N–H and O–H groups in total. The van der Waals surface area contributed by atoms with E-state index >= 15 is 0 Å². The highest BCUT2D eigenvalue weighted by Gasteiger charge is 2.17. The minimum atomic E-state index is 0.811. The molecule has 4 aromatic rings. The number of aromatic nitrogens is 2. The zero-order valence-electron chi connectivity index (χ0n) is 18.4. The molecule has 0 radical (unpaired) electrons. The van der Waals surface area contributed by atoms with Gasteiger partial charge in [0.05, 0.1) is 32.7 Å². The molecule has 1 heterocycles. The lowest BCUT2D eigenvalue weighted by molar-refractivity contribution is 0.408. The minimum Gasteiger partial charge on any atom is -0.497 e. The number of hydrogen-bond acceptors (Lipinski definition) is 4. The van der Waals surface area contributed by atoms with Crippen LogP contribution in [0.25, 0.3) is 33.9 Å². The maximum Gasteiger partial charge on any atom is 0.138 e. The van der Waals surface area contributed by atoms with Crippen molar-refractivity contribution in [3.05, 3.63) is 71.8 Å². The Balaban J connectivity index is 1.87. The van der Waals surface area contributed by atoms with Crippen LogP contribution in [0.4, 0.5) is 0 Å². The normalized spacial score (nSPS) is 10.7. The molecule has 0 bridgehead atoms. The number of aryl methyl sites for hydroxylation is 2. The van der Waals surface area contributed by atoms with Gasteiger partial charge in [0.15, 0.2) is 0 Å². The quantitative estimate of drug-likeness (QED) is 0.417. The molecular formula is C26H26N2O3. The molecule has 0 fully saturated rings. The van der Waals surface area contributed by atoms with Gasteiger partial charge in [-0.2, -0.15) is 0 Å². The number of hydrogen-bond donors (Lipinski definition) is 1. The third-order valence-corrected chi connectivity index (χ3v) is 5.38. The fourth-order valence-corrected chi connectivity index (χ4v) is 3.84. The monoisotopic (exact) mass is 414 g/mol. The van der Waals surface area contributed by atoms with Gasteiger partial charge >= 0.3 is 0 Å². The maximum absolute atomic E-state index is 5.52. The molecule has 31 heavy (non-hydrogen) atoms. The smallest absolute Gasteiger partial charge is 0.138 e. The fraction of sp³-hybridized carbons (Fsp3) is 0.192. The second kappa shape index (κ2) is 8.56. The molecule has 158 valence electrons. The lowest BCUT2D eigenvalue weighted by Crippen LogP contribution is -1.93. The van der Waals surface area contributed by atoms with Gasteiger partial charge in [-0.05, 0) is 85.6 Å². The molecule has 0 aliphatic carbocycles. The van der Waals surface area contributed by atoms with Crippen LogP contribution in [0.2, 0.25) is 0 Å². The van der Waals surface area contributed by atoms with Crippen molar-refractivity contribution in [1.29, 1.82) is 0 Å². The largest absolute Gasteiger partial charge is 0.497 e. The Kier molecular flexibility index (Phi) is 5.67. The second-order valence-corrected chi connectivity index (χ2v) is 7.41. The Morgan fingerprint density at radius 3 is 1.65 bits per heavy atom. The summed E-state index contributed by atoms with van der Waals surface area (Å²) in [6.07, 6.45) is 0. The Hall–Kier alpha value is -3.73. The van der Waals surface area contributed by atoms with Crippen LogP contribution in [-0.2, 0) is 0 Å². The molecule has 0 aliphatic heterocycles. The summed E-state index contributed by atoms with van der Waals surface area (Å²) in [6, 6.07) is 20.1. The number of nitrogens with one attached hydrogen (secondary N) is 1. The molecule has 4 rings (SSSR count). The van der Waals surface area contributed by atoms with Gasteiger partial charge in [-0.1, -0.05) is 0 Å². The van der Waals surface area contributed by atoms with Gasteiger partial charge in [0, 0.05) is 16.7 Å². The summed E-state index contributed by atoms with van der Waals surface area (Å²) in [6.45, 7) is 4.10. The lowest BCUT2D eigenvalue weighted by atomic mass is 10.0. The standard InChI is InChI=1S/C26H26N2O3/c1-16-14-20(15-17(2)25(16)31-5)26-27-23(18-6-10-21(29-3)11-7-18)24(28-26)19-8-12-22(30-4)13-9-19/h6-15H,1-5H3,(H,27,28). The summed E-state index contributed by atoms with van der Waals surface area (Å²) in [5.74, 6) is 3.34. The van der Waals surface area contributed by atoms with Crippen molar-refractivity contribution < 1.29 is 14.2 Å². The van der Waals surface area contributed by atoms with Crippen molar-refractivity contribution in [2.45, 2.75) is 13.8 Å². The van der Waals surface area contributed by atoms with Crippen molar-refractivity contribution in [2.24, 2.45) is 0 Å². The number of aromatic amines is 1. The SMILES string of the molecule is COc1ccc(-c2nc(-c3cc(C)c(OC)c(C)c3)[nH]c2-c2ccc(OC)cc2)cc1. The number of imidazole rings is 1. The molecule has 0 saturated heterocycles. The summed E-state index contributed by atoms with van der Waals surface area (Å²) in [4.78, 5) is 8.54. The third kappa shape index (κ3) is 3.99. The van der Waals surface area contributed by atoms with E-state index in [-0.39, 0.29) is 0 Å². The van der Waals surface area contributed by atoms with Gasteiger partial charge in [-0.25, -0.2) is 4.98 Å². The van der Waals surface area contributed by atoms with Crippen molar-refractivity contribution in [1.82, 2.24) is 9.97 Å². The molecule has 0 atom stereocenters. The number of H-pyrrole nitrogens is 1. The summed E-state index contributed by atoms with van der Waals surface area (Å²) < 4.78 is 16.2. The molecule has 5 nitrogen and oxygen atoms in total. The van der Waals surface area contributed by atoms with Crippen LogP contribution < -0.4 is 14.2 Å². The van der Waals surface area contributed by atoms with Crippen molar-refractivity contribution in [2.75, 3.05) is 21.3 Å². The van der Waals surface area contributed by atoms with Crippen LogP contribution >= 0.6 is 0 Å². The zero-order valence-corrected chi connectivity index (χ0v) is 18.4. The summed E-state index contributed by atoms with van der Waals surface area (Å²) in [7, 11) is 5.03. The first-order valence-electron chi connectivity index (χ1n) is 10.1. The topological polar surface area (TPSA) is 56.4 Å². The van der Waals surface area contributed by atoms with Gasteiger partial charge in [-0.3, -0.25) is 0 Å². The van der Waals surface area contributed by atoms with E-state index in [1.165, 1.54) is 0 Å². The minimum absolute atomic E-state index is 0.811. The summed E-state index contributed by atoms with van der Waals surface area (Å²) in [5.41, 5.74) is 7.05. The van der Waals surface area contributed by atoms with E-state index in [1.807, 2.05) is 62.4 Å². The van der Waals surface area contributed by atoms with Gasteiger partial charge in [0.2, 0.25) is 0 Å². The van der Waals surface area contributed by atoms with Gasteiger partial charge in [0.25, 0.3) is 0 Å². The van der Waals surface area contributed by atoms with E-state index in [9.17, 15) is 0 Å². The van der Waals surface area contributed by atoms with Crippen LogP contribution in [-0.4, -0.2) is 31.3 Å². The average Bonchev–Trinajstić information content (AvgIpc) is 3.24. The maximum atomic E-state index is 5.52. The van der Waals surface area contributed by atoms with E-state index < -0.39 is 0 Å². The average molecular weight is 415 g/mol. The first-order valence-corrected chi connectivity index (χ1v) is 10.1. The van der Waals surface area contributed by atoms with Crippen LogP contribution in [0.1, 0.15) is 11.1 Å². The number of rotatable bonds is 6. The Labute approximate surface area is 182 Å². The van der Waals surface area contributed by atoms with E-state index in [0.717, 1.165) is 62.3 Å². The van der Waals surface area contributed by atoms with E-state index in [1.54, 1.807) is 21.3 Å². The Morgan fingerprint density at radius 1 is 0.645 bits per heavy atom. The van der Waals surface area contributed by atoms with Gasteiger partial charge in [-0.15, -0.1) is 0 Å². The van der Waals surface area contributed by atoms with E-state index in [0.29, 0.717) is 0 Å². The Bertz CT molecular complexity index is 1100. The molecule has 0 spiro atoms. The van der Waals surface area contributed by atoms with Gasteiger partial charge < -0.3 is 19.2 Å². The van der Waals surface area contributed by atoms with Crippen molar-refractivity contribution in [3.63, 3.8) is 0 Å². The molecule has 0 unspecified atom stereocenters. The predicted molar refractivity (Wildman–Crippen MR) is 124 cm³/mol. The second-order valence-electron chi connectivity index (χ2n) is 7.41. The predicted octanol–water partition coefficient (Wildman–Crippen LogP) is 6.05. The molecule has 0 amide bonds. The first-order chi connectivity index (χ1) is 15.0. The highest BCUT2D eigenvalue weighted by Crippen LogP contribution is 2.36. The number of ether oxygens (including phenoxy) is 3. The zero-order chi connectivity index (χ0) is 22.0. The summed E-state index contributed by atoms with van der Waals surface area (Å²) in [5, 5.41) is 0. The molecule has 0 aliphatic rings. The highest BCUT2D eigenvalue weighted by molar-refractivity contribution is 5.82. The molecular weight excluding hydrogens is 388 g/mol. The Morgan fingerprint density at radius 2 is 1.16 bits per heavy atom. The number of benzene rings is 3. The van der Waals surface area contributed by atoms with Crippen molar-refractivity contribution in [3.8, 4) is 51.2 Å². The van der Waals surface area contributed by atoms with Crippen LogP contribution in [0, 0.1) is 13.8 Å². The lowest BCUT2D eigenvalue weighted by Gasteiger charge is -2.10. The first kappa shape index (κ1) is 20.5. The van der Waals surface area contributed by atoms with Crippen LogP contribution in [0.5, 0.6) is 17.2 Å².